The van der Waals surface area contributed by atoms with Gasteiger partial charge in [0.15, 0.2) is 0 Å². The van der Waals surface area contributed by atoms with Gasteiger partial charge in [0.1, 0.15) is 5.82 Å². The second kappa shape index (κ2) is 12.5. The summed E-state index contributed by atoms with van der Waals surface area (Å²) in [7, 11) is 4.01. The lowest BCUT2D eigenvalue weighted by molar-refractivity contribution is -0.193. The van der Waals surface area contributed by atoms with Gasteiger partial charge in [-0.2, -0.15) is 26.3 Å². The van der Waals surface area contributed by atoms with Gasteiger partial charge in [-0.1, -0.05) is 12.1 Å². The van der Waals surface area contributed by atoms with Gasteiger partial charge in [0, 0.05) is 44.6 Å². The smallest absolute Gasteiger partial charge is 0.475 e. The van der Waals surface area contributed by atoms with E-state index in [0.29, 0.717) is 11.3 Å². The minimum atomic E-state index is -5.08. The highest BCUT2D eigenvalue weighted by Crippen LogP contribution is 2.43. The number of alkyl halides is 6. The maximum atomic E-state index is 13.0. The van der Waals surface area contributed by atoms with Crippen molar-refractivity contribution in [3.63, 3.8) is 0 Å². The first-order valence-electron chi connectivity index (χ1n) is 10.2. The van der Waals surface area contributed by atoms with Crippen LogP contribution in [0.25, 0.3) is 0 Å². The number of nitrogens with zero attached hydrogens (tertiary/aromatic N) is 2. The normalized spacial score (nSPS) is 22.8. The Labute approximate surface area is 197 Å². The van der Waals surface area contributed by atoms with E-state index >= 15 is 0 Å². The highest BCUT2D eigenvalue weighted by molar-refractivity contribution is 5.73. The average Bonchev–Trinajstić information content (AvgIpc) is 3.26. The third kappa shape index (κ3) is 9.98. The maximum Gasteiger partial charge on any atom is 0.490 e. The number of hydrogen-bond donors (Lipinski definition) is 2. The van der Waals surface area contributed by atoms with Gasteiger partial charge in [-0.15, -0.1) is 0 Å². The third-order valence-electron chi connectivity index (χ3n) is 5.62. The molecule has 0 aromatic heterocycles. The summed E-state index contributed by atoms with van der Waals surface area (Å²) in [6, 6.07) is 6.90. The number of ether oxygens (including phenoxy) is 1. The summed E-state index contributed by atoms with van der Waals surface area (Å²) in [6.07, 6.45) is -8.92. The first-order chi connectivity index (χ1) is 16.0. The van der Waals surface area contributed by atoms with E-state index in [9.17, 15) is 30.7 Å². The van der Waals surface area contributed by atoms with Gasteiger partial charge in [0.05, 0.1) is 6.61 Å². The van der Waals surface area contributed by atoms with E-state index in [1.165, 1.54) is 18.5 Å². The second-order valence-electron chi connectivity index (χ2n) is 8.40. The van der Waals surface area contributed by atoms with Gasteiger partial charge in [-0.05, 0) is 37.7 Å². The van der Waals surface area contributed by atoms with E-state index in [0.717, 1.165) is 32.8 Å². The fourth-order valence-corrected chi connectivity index (χ4v) is 4.16. The Morgan fingerprint density at radius 1 is 1.03 bits per heavy atom. The molecule has 0 unspecified atom stereocenters. The van der Waals surface area contributed by atoms with Gasteiger partial charge < -0.3 is 19.8 Å². The molecule has 1 spiro atoms. The Balaban J connectivity index is 0.000000362. The van der Waals surface area contributed by atoms with Crippen LogP contribution in [0.5, 0.6) is 0 Å². The zero-order chi connectivity index (χ0) is 27.0. The minimum absolute atomic E-state index is 0.158. The van der Waals surface area contributed by atoms with E-state index in [-0.39, 0.29) is 5.82 Å². The van der Waals surface area contributed by atoms with Crippen LogP contribution in [0.2, 0.25) is 0 Å². The molecule has 2 atom stereocenters. The lowest BCUT2D eigenvalue weighted by atomic mass is 9.77. The highest BCUT2D eigenvalue weighted by Gasteiger charge is 2.49. The lowest BCUT2D eigenvalue weighted by Crippen LogP contribution is -2.36. The van der Waals surface area contributed by atoms with Crippen LogP contribution in [0.15, 0.2) is 24.3 Å². The predicted molar refractivity (Wildman–Crippen MR) is 109 cm³/mol. The Hall–Kier alpha value is -2.45. The molecule has 0 radical (unpaired) electrons. The first-order valence-corrected chi connectivity index (χ1v) is 10.2. The molecule has 1 aromatic rings. The molecule has 200 valence electrons. The Kier molecular flexibility index (Phi) is 10.9. The Bertz CT molecular complexity index is 809. The fourth-order valence-electron chi connectivity index (χ4n) is 4.16. The van der Waals surface area contributed by atoms with Crippen molar-refractivity contribution in [3.05, 3.63) is 35.6 Å². The van der Waals surface area contributed by atoms with Crippen molar-refractivity contribution in [2.45, 2.75) is 25.3 Å². The molecule has 35 heavy (non-hydrogen) atoms. The highest BCUT2D eigenvalue weighted by atomic mass is 19.4. The molecular weight excluding hydrogens is 493 g/mol. The average molecular weight is 520 g/mol. The molecule has 2 saturated heterocycles. The molecule has 2 fully saturated rings. The summed E-state index contributed by atoms with van der Waals surface area (Å²) in [5.74, 6) is -5.04. The number of aliphatic carboxylic acids is 2. The molecule has 0 aliphatic carbocycles. The van der Waals surface area contributed by atoms with Crippen molar-refractivity contribution in [1.29, 1.82) is 0 Å². The van der Waals surface area contributed by atoms with Gasteiger partial charge in [0.2, 0.25) is 0 Å². The summed E-state index contributed by atoms with van der Waals surface area (Å²) in [6.45, 7) is 6.34. The first kappa shape index (κ1) is 30.6. The Morgan fingerprint density at radius 2 is 1.51 bits per heavy atom. The molecule has 14 heteroatoms. The van der Waals surface area contributed by atoms with Crippen molar-refractivity contribution >= 4 is 11.9 Å². The van der Waals surface area contributed by atoms with Crippen molar-refractivity contribution in [3.8, 4) is 0 Å². The maximum absolute atomic E-state index is 13.0. The quantitative estimate of drug-likeness (QED) is 0.588. The number of carboxylic acids is 2. The van der Waals surface area contributed by atoms with E-state index in [2.05, 4.69) is 16.8 Å². The van der Waals surface area contributed by atoms with Gasteiger partial charge >= 0.3 is 24.3 Å². The molecule has 7 nitrogen and oxygen atoms in total. The summed E-state index contributed by atoms with van der Waals surface area (Å²) in [5, 5.41) is 14.2. The monoisotopic (exact) mass is 520 g/mol. The van der Waals surface area contributed by atoms with E-state index in [4.69, 9.17) is 24.5 Å². The van der Waals surface area contributed by atoms with Crippen LogP contribution in [0.4, 0.5) is 30.7 Å². The van der Waals surface area contributed by atoms with E-state index in [1.54, 1.807) is 19.2 Å². The number of carboxylic acid groups (broad SMARTS) is 2. The number of benzene rings is 1. The van der Waals surface area contributed by atoms with Gasteiger partial charge in [-0.25, -0.2) is 14.0 Å². The van der Waals surface area contributed by atoms with E-state index in [1.807, 2.05) is 12.1 Å². The van der Waals surface area contributed by atoms with Crippen molar-refractivity contribution in [2.75, 3.05) is 46.9 Å². The number of hydrogen-bond acceptors (Lipinski definition) is 5. The second-order valence-corrected chi connectivity index (χ2v) is 8.40. The zero-order valence-corrected chi connectivity index (χ0v) is 19.0. The third-order valence-corrected chi connectivity index (χ3v) is 5.62. The Morgan fingerprint density at radius 3 is 1.94 bits per heavy atom. The van der Waals surface area contributed by atoms with Crippen molar-refractivity contribution < 1.29 is 55.3 Å². The SMILES string of the molecule is COC[C@H]1CN(C)C[C@@]12CCN(Cc1ccc(F)cc1)C2.O=C(O)C(F)(F)F.O=C(O)C(F)(F)F. The van der Waals surface area contributed by atoms with Crippen LogP contribution in [0.1, 0.15) is 12.0 Å². The van der Waals surface area contributed by atoms with Crippen molar-refractivity contribution in [2.24, 2.45) is 11.3 Å². The lowest BCUT2D eigenvalue weighted by Gasteiger charge is -2.30. The van der Waals surface area contributed by atoms with Crippen LogP contribution in [0, 0.1) is 17.2 Å². The van der Waals surface area contributed by atoms with Gasteiger partial charge in [-0.3, -0.25) is 4.90 Å². The van der Waals surface area contributed by atoms with Crippen LogP contribution in [-0.4, -0.2) is 91.2 Å². The van der Waals surface area contributed by atoms with Crippen LogP contribution in [0.3, 0.4) is 0 Å². The molecule has 2 heterocycles. The van der Waals surface area contributed by atoms with Crippen molar-refractivity contribution in [1.82, 2.24) is 9.80 Å². The molecule has 2 N–H and O–H groups in total. The number of carbonyl (C=O) groups is 2. The molecule has 0 bridgehead atoms. The topological polar surface area (TPSA) is 90.3 Å². The fraction of sp³-hybridized carbons (Fsp3) is 0.619. The molecular formula is C21H27F7N2O5. The number of halogens is 7. The van der Waals surface area contributed by atoms with Crippen LogP contribution in [-0.2, 0) is 20.9 Å². The molecule has 0 saturated carbocycles. The molecule has 3 rings (SSSR count). The summed E-state index contributed by atoms with van der Waals surface area (Å²) >= 11 is 0. The number of rotatable bonds is 4. The summed E-state index contributed by atoms with van der Waals surface area (Å²) < 4.78 is 81.9. The number of likely N-dealkylation sites (tertiary alicyclic amines) is 2. The minimum Gasteiger partial charge on any atom is -0.475 e. The number of methoxy groups -OCH3 is 1. The molecule has 0 amide bonds. The standard InChI is InChI=1S/C17H25FN2O.2C2HF3O2/c1-19-10-15(11-21-2)17(12-19)7-8-20(13-17)9-14-3-5-16(18)6-4-14;2*3-2(4,5)1(6)7/h3-6,15H,7-13H2,1-2H3;2*(H,6,7)/t15-,17-;;/m1../s1. The molecule has 1 aromatic carbocycles. The summed E-state index contributed by atoms with van der Waals surface area (Å²) in [5.41, 5.74) is 1.58. The van der Waals surface area contributed by atoms with E-state index < -0.39 is 24.3 Å². The summed E-state index contributed by atoms with van der Waals surface area (Å²) in [4.78, 5) is 22.7. The predicted octanol–water partition coefficient (Wildman–Crippen LogP) is 3.49. The molecule has 2 aliphatic heterocycles. The van der Waals surface area contributed by atoms with Crippen LogP contribution >= 0.6 is 0 Å². The van der Waals surface area contributed by atoms with Gasteiger partial charge in [0.25, 0.3) is 0 Å². The molecule has 2 aliphatic rings. The zero-order valence-electron chi connectivity index (χ0n) is 19.0. The van der Waals surface area contributed by atoms with Crippen LogP contribution < -0.4 is 0 Å². The largest absolute Gasteiger partial charge is 0.490 e.